The number of pyridine rings is 4. The molecule has 0 atom stereocenters. The number of carbonyl (C=O) groups excluding carboxylic acids is 3. The molecule has 7 aromatic heterocycles. The average molecular weight is 1620 g/mol. The monoisotopic (exact) mass is 1620 g/mol. The number of aromatic amines is 4. The van der Waals surface area contributed by atoms with E-state index in [9.17, 15) is 82.3 Å². The molecule has 0 saturated carbocycles. The molecule has 3 aromatic carbocycles. The van der Waals surface area contributed by atoms with Gasteiger partial charge in [-0.05, 0) is 174 Å². The van der Waals surface area contributed by atoms with E-state index in [4.69, 9.17) is 5.11 Å². The zero-order chi connectivity index (χ0) is 81.1. The normalized spacial score (nSPS) is 10.3. The summed E-state index contributed by atoms with van der Waals surface area (Å²) in [5.74, 6) is -8.53. The highest BCUT2D eigenvalue weighted by atomic mass is 32.2. The number of nitrogens with two attached hydrogens (primary N) is 1. The van der Waals surface area contributed by atoms with Gasteiger partial charge < -0.3 is 21.1 Å². The number of anilines is 1. The van der Waals surface area contributed by atoms with Crippen LogP contribution in [0.15, 0.2) is 132 Å². The van der Waals surface area contributed by atoms with Gasteiger partial charge >= 0.3 is 17.1 Å². The fraction of sp³-hybridized carbons (Fsp3) is 0.346. The van der Waals surface area contributed by atoms with E-state index < -0.39 is 104 Å². The van der Waals surface area contributed by atoms with Crippen LogP contribution in [0.2, 0.25) is 0 Å². The number of aliphatic hydroxyl groups excluding tert-OH is 1. The van der Waals surface area contributed by atoms with Crippen molar-refractivity contribution in [3.8, 4) is 0 Å². The molecule has 0 aliphatic carbocycles. The fourth-order valence-electron chi connectivity index (χ4n) is 11.1. The third-order valence-electron chi connectivity index (χ3n) is 15.2. The number of rotatable bonds is 18. The van der Waals surface area contributed by atoms with E-state index in [-0.39, 0.29) is 134 Å². The van der Waals surface area contributed by atoms with E-state index >= 15 is 0 Å². The molecule has 8 N–H and O–H groups in total. The second-order valence-corrected chi connectivity index (χ2v) is 27.1. The van der Waals surface area contributed by atoms with E-state index in [1.165, 1.54) is 17.7 Å². The summed E-state index contributed by atoms with van der Waals surface area (Å²) in [6, 6.07) is 24.5. The molecule has 0 radical (unpaired) electrons. The van der Waals surface area contributed by atoms with Gasteiger partial charge in [0.2, 0.25) is 59.0 Å². The van der Waals surface area contributed by atoms with Gasteiger partial charge in [-0.3, -0.25) is 57.0 Å². The maximum atomic E-state index is 13.9. The highest BCUT2D eigenvalue weighted by molar-refractivity contribution is 7.85. The molecule has 25 nitrogen and oxygen atoms in total. The van der Waals surface area contributed by atoms with Crippen LogP contribution in [-0.2, 0) is 40.6 Å². The summed E-state index contributed by atoms with van der Waals surface area (Å²) in [6.45, 7) is 20.6. The van der Waals surface area contributed by atoms with Gasteiger partial charge in [0.1, 0.15) is 17.2 Å². The van der Waals surface area contributed by atoms with Crippen LogP contribution in [-0.4, -0.2) is 100 Å². The van der Waals surface area contributed by atoms with Crippen molar-refractivity contribution in [2.24, 2.45) is 5.73 Å². The smallest absolute Gasteiger partial charge is 0.329 e. The van der Waals surface area contributed by atoms with Crippen molar-refractivity contribution in [1.29, 1.82) is 0 Å². The van der Waals surface area contributed by atoms with E-state index in [1.807, 2.05) is 59.7 Å². The summed E-state index contributed by atoms with van der Waals surface area (Å²) in [5, 5.41) is 11.2. The third-order valence-corrected chi connectivity index (χ3v) is 15.7. The number of carbonyl (C=O) groups is 3. The number of aliphatic hydroxyl groups is 1. The van der Waals surface area contributed by atoms with Crippen LogP contribution in [0.1, 0.15) is 226 Å². The van der Waals surface area contributed by atoms with Crippen molar-refractivity contribution in [2.45, 2.75) is 172 Å². The molecule has 33 heteroatoms. The molecule has 0 fully saturated rings. The predicted molar refractivity (Wildman–Crippen MR) is 433 cm³/mol. The van der Waals surface area contributed by atoms with Crippen molar-refractivity contribution >= 4 is 33.3 Å². The second kappa shape index (κ2) is 46.5. The lowest BCUT2D eigenvalue weighted by Crippen LogP contribution is -2.38. The number of nitrogens with zero attached hydrogens (tertiary/aromatic N) is 6. The van der Waals surface area contributed by atoms with E-state index in [0.29, 0.717) is 33.6 Å². The van der Waals surface area contributed by atoms with Crippen molar-refractivity contribution in [3.63, 3.8) is 0 Å². The number of ketones is 3. The van der Waals surface area contributed by atoms with Crippen molar-refractivity contribution in [2.75, 3.05) is 25.7 Å². The Morgan fingerprint density at radius 3 is 1.04 bits per heavy atom. The molecular weight excluding hydrogens is 1510 g/mol. The third kappa shape index (κ3) is 29.8. The Hall–Kier alpha value is -11.6. The standard InChI is InChI=1S/C23H25FN4O3.C22H21F2N3O3.C16H18N2O3.C7H7F2NO3S.C6H5F2NO.CH5N.6CH4.H2/c1-12(2)19-20(21(29)16-7-13(3)6-14(4)8-16)28(23(31)27-22(19)30)11-15-9-17(24)26-18(10-15)25-5;1-11(2)18-19(20(28)15-6-12(3)5-13(4)7-15)27(22(30)26-21(18)29)10-14-8-16(23)25-17(24)9-14;1-8(2)12-13(17-16(21)18-15(12)20)14(19)11-6-9(3)5-10(4)7-11;1-14(11,12)13-4-5-2-6(8)10-7(9)3-5;7-5-1-4(3-10)2-6(8)9-5;1-2;;;;;;;/h6-10,12H,11H2,1-5H3,(H,25,26)(H,27,30,31);5-9,11H,10H2,1-4H3,(H,26,29,30);5-8H,1-4H3,(H2,17,18,20,21);2-3H,4H2,1H3;1-2,10H,3H2;2H2,1H3;6*1H4;1H/i;;;;;;;;;;;;1+1. The van der Waals surface area contributed by atoms with Crippen molar-refractivity contribution in [1.82, 2.24) is 49.0 Å². The molecule has 624 valence electrons. The average Bonchev–Trinajstić information content (AvgIpc) is 0.777. The van der Waals surface area contributed by atoms with Gasteiger partial charge in [0.25, 0.3) is 26.8 Å². The van der Waals surface area contributed by atoms with Crippen LogP contribution in [0, 0.1) is 83.2 Å². The quantitative estimate of drug-likeness (QED) is 0.0182. The highest BCUT2D eigenvalue weighted by Crippen LogP contribution is 2.25. The van der Waals surface area contributed by atoms with E-state index in [2.05, 4.69) is 55.1 Å². The minimum atomic E-state index is -3.61. The number of benzene rings is 3. The Labute approximate surface area is 660 Å². The molecule has 0 saturated heterocycles. The molecule has 0 spiro atoms. The number of halogens is 7. The second-order valence-electron chi connectivity index (χ2n) is 25.4. The Morgan fingerprint density at radius 1 is 0.447 bits per heavy atom. The highest BCUT2D eigenvalue weighted by Gasteiger charge is 2.28. The SMILES string of the molecule is C.C.C.C.C.C.CN.CNc1cc(Cn2c(C(=O)c3cc(C)cc(C)c3)c(C(C)C)c(=O)[nH]c2=O)cc(F)n1.CS(=O)(=O)OCc1cc(F)nc(F)c1.Cc1cc(C)cc(C(=O)c2[nH]c(=O)[nH]c(=O)c2C(C)C)c1.Cc1cc(C)cc(C(=O)c2c(C(C)C)c(=O)[nH]c(=O)n2Cc2cc(F)nc(F)c2)c1.OCc1cc(F)nc(F)c1.[2HH]. The predicted octanol–water partition coefficient (Wildman–Crippen LogP) is 13.7. The summed E-state index contributed by atoms with van der Waals surface area (Å²) in [5.41, 5.74) is 8.47. The van der Waals surface area contributed by atoms with Crippen molar-refractivity contribution in [3.05, 3.63) is 313 Å². The maximum absolute atomic E-state index is 13.9. The van der Waals surface area contributed by atoms with Crippen LogP contribution in [0.5, 0.6) is 0 Å². The molecule has 0 aliphatic rings. The number of nitrogens with one attached hydrogen (secondary N) is 5. The molecule has 0 amide bonds. The van der Waals surface area contributed by atoms with E-state index in [0.717, 1.165) is 80.6 Å². The number of hydrogen-bond donors (Lipinski definition) is 7. The maximum Gasteiger partial charge on any atom is 0.329 e. The minimum absolute atomic E-state index is 0. The summed E-state index contributed by atoms with van der Waals surface area (Å²) >= 11 is 0. The largest absolute Gasteiger partial charge is 0.392 e. The molecular formula is C81H107F7N12O13S. The first kappa shape index (κ1) is 104. The molecule has 10 aromatic rings. The minimum Gasteiger partial charge on any atom is -0.392 e. The van der Waals surface area contributed by atoms with Gasteiger partial charge in [-0.1, -0.05) is 138 Å². The lowest BCUT2D eigenvalue weighted by atomic mass is 9.95. The lowest BCUT2D eigenvalue weighted by molar-refractivity contribution is 0.101. The Morgan fingerprint density at radius 2 is 0.737 bits per heavy atom. The number of hydrogen-bond acceptors (Lipinski definition) is 19. The summed E-state index contributed by atoms with van der Waals surface area (Å²) in [7, 11) is -0.513. The molecule has 10 rings (SSSR count). The van der Waals surface area contributed by atoms with Crippen LogP contribution in [0.25, 0.3) is 0 Å². The van der Waals surface area contributed by atoms with Crippen LogP contribution in [0.3, 0.4) is 0 Å². The summed E-state index contributed by atoms with van der Waals surface area (Å²) in [6.07, 6.45) is 0.848. The number of aromatic nitrogens is 10. The van der Waals surface area contributed by atoms with Gasteiger partial charge in [0, 0.05) is 41.9 Å². The molecule has 114 heavy (non-hydrogen) atoms. The van der Waals surface area contributed by atoms with Gasteiger partial charge in [0.15, 0.2) is 0 Å². The Balaban J connectivity index is -0.00000140. The van der Waals surface area contributed by atoms with Gasteiger partial charge in [-0.2, -0.15) is 54.1 Å². The van der Waals surface area contributed by atoms with Crippen LogP contribution < -0.4 is 44.8 Å². The summed E-state index contributed by atoms with van der Waals surface area (Å²) < 4.78 is 118. The van der Waals surface area contributed by atoms with E-state index in [1.54, 1.807) is 91.1 Å². The van der Waals surface area contributed by atoms with Gasteiger partial charge in [0.05, 0.1) is 38.3 Å². The van der Waals surface area contributed by atoms with Gasteiger partial charge in [-0.15, -0.1) is 0 Å². The first-order valence-electron chi connectivity index (χ1n) is 32.9. The van der Waals surface area contributed by atoms with Gasteiger partial charge in [-0.25, -0.2) is 19.4 Å². The molecule has 0 aliphatic heterocycles. The Kier molecular flexibility index (Phi) is 42.6. The first-order chi connectivity index (χ1) is 50.5. The summed E-state index contributed by atoms with van der Waals surface area (Å²) in [4.78, 5) is 135. The lowest BCUT2D eigenvalue weighted by Gasteiger charge is -2.18. The fourth-order valence-corrected chi connectivity index (χ4v) is 11.5. The van der Waals surface area contributed by atoms with Crippen LogP contribution >= 0.6 is 0 Å². The zero-order valence-electron chi connectivity index (χ0n) is 61.5. The first-order valence-corrected chi connectivity index (χ1v) is 34.7. The molecule has 0 unspecified atom stereocenters. The molecule has 7 heterocycles. The topological polar surface area (TPSA) is 380 Å². The zero-order valence-corrected chi connectivity index (χ0v) is 62.4. The molecule has 0 bridgehead atoms. The van der Waals surface area contributed by atoms with Crippen molar-refractivity contribution < 1.29 is 64.3 Å². The number of aryl methyl sites for hydroxylation is 6. The van der Waals surface area contributed by atoms with Crippen LogP contribution in [0.4, 0.5) is 36.6 Å². The Bertz CT molecular complexity index is 5370. The number of H-pyrrole nitrogens is 4.